The highest BCUT2D eigenvalue weighted by molar-refractivity contribution is 6.00. The number of carboxylic acid groups (broad SMARTS) is 1. The van der Waals surface area contributed by atoms with Gasteiger partial charge in [-0.15, -0.1) is 0 Å². The number of aliphatic carboxylic acids is 1. The molecule has 0 aliphatic carbocycles. The van der Waals surface area contributed by atoms with Crippen molar-refractivity contribution >= 4 is 11.9 Å². The van der Waals surface area contributed by atoms with Crippen LogP contribution in [-0.4, -0.2) is 54.9 Å². The van der Waals surface area contributed by atoms with Gasteiger partial charge < -0.3 is 19.5 Å². The van der Waals surface area contributed by atoms with Crippen LogP contribution in [0.5, 0.6) is 11.5 Å². The van der Waals surface area contributed by atoms with Crippen molar-refractivity contribution in [3.63, 3.8) is 0 Å². The van der Waals surface area contributed by atoms with Crippen LogP contribution in [0.25, 0.3) is 0 Å². The molecule has 1 unspecified atom stereocenters. The van der Waals surface area contributed by atoms with Gasteiger partial charge >= 0.3 is 5.97 Å². The normalized spacial score (nSPS) is 21.2. The Morgan fingerprint density at radius 1 is 1.29 bits per heavy atom. The van der Waals surface area contributed by atoms with E-state index in [2.05, 4.69) is 0 Å². The number of ether oxygens (including phenoxy) is 2. The average molecular weight is 297 g/mol. The molecular weight excluding hydrogens is 281 g/mol. The van der Waals surface area contributed by atoms with E-state index >= 15 is 0 Å². The van der Waals surface area contributed by atoms with Gasteiger partial charge in [0.1, 0.15) is 17.1 Å². The molecule has 1 aromatic rings. The Morgan fingerprint density at radius 3 is 2.29 bits per heavy atom. The molecule has 1 amide bonds. The van der Waals surface area contributed by atoms with Crippen molar-refractivity contribution in [3.8, 4) is 11.5 Å². The van der Waals surface area contributed by atoms with Crippen molar-refractivity contribution in [1.82, 2.24) is 4.90 Å². The summed E-state index contributed by atoms with van der Waals surface area (Å²) in [5.74, 6) is -1.47. The molecule has 2 rings (SSSR count). The number of halogens is 1. The first-order valence-corrected chi connectivity index (χ1v) is 6.35. The molecule has 21 heavy (non-hydrogen) atoms. The average Bonchev–Trinajstić information content (AvgIpc) is 2.89. The van der Waals surface area contributed by atoms with Crippen LogP contribution in [-0.2, 0) is 4.79 Å². The number of rotatable bonds is 4. The van der Waals surface area contributed by atoms with Crippen LogP contribution in [0.15, 0.2) is 18.2 Å². The summed E-state index contributed by atoms with van der Waals surface area (Å²) in [5.41, 5.74) is -2.23. The number of carbonyl (C=O) groups excluding carboxylic acids is 1. The first kappa shape index (κ1) is 15.1. The summed E-state index contributed by atoms with van der Waals surface area (Å²) in [7, 11) is 2.82. The summed E-state index contributed by atoms with van der Waals surface area (Å²) in [6.45, 7) is -0.453. The first-order valence-electron chi connectivity index (χ1n) is 6.35. The number of hydrogen-bond donors (Lipinski definition) is 1. The molecule has 1 aromatic carbocycles. The van der Waals surface area contributed by atoms with Crippen LogP contribution in [0, 0.1) is 0 Å². The maximum absolute atomic E-state index is 14.1. The maximum Gasteiger partial charge on any atom is 0.343 e. The van der Waals surface area contributed by atoms with Gasteiger partial charge in [0.2, 0.25) is 5.67 Å². The Balaban J connectivity index is 2.32. The van der Waals surface area contributed by atoms with Crippen LogP contribution in [0.1, 0.15) is 16.8 Å². The Hall–Kier alpha value is -2.31. The van der Waals surface area contributed by atoms with Gasteiger partial charge in [-0.1, -0.05) is 6.07 Å². The van der Waals surface area contributed by atoms with E-state index < -0.39 is 24.1 Å². The lowest BCUT2D eigenvalue weighted by Crippen LogP contribution is -2.39. The van der Waals surface area contributed by atoms with Gasteiger partial charge in [0.15, 0.2) is 0 Å². The fourth-order valence-electron chi connectivity index (χ4n) is 2.34. The molecule has 0 bridgehead atoms. The lowest BCUT2D eigenvalue weighted by molar-refractivity contribution is -0.149. The smallest absolute Gasteiger partial charge is 0.343 e. The third-order valence-electron chi connectivity index (χ3n) is 3.53. The van der Waals surface area contributed by atoms with Gasteiger partial charge in [-0.3, -0.25) is 4.79 Å². The number of alkyl halides is 1. The van der Waals surface area contributed by atoms with Gasteiger partial charge in [0, 0.05) is 13.0 Å². The molecular formula is C14H16FNO5. The number of hydrogen-bond acceptors (Lipinski definition) is 4. The molecule has 1 aliphatic heterocycles. The van der Waals surface area contributed by atoms with Gasteiger partial charge in [-0.05, 0) is 12.1 Å². The predicted molar refractivity (Wildman–Crippen MR) is 71.5 cm³/mol. The van der Waals surface area contributed by atoms with Crippen molar-refractivity contribution in [1.29, 1.82) is 0 Å². The van der Waals surface area contributed by atoms with E-state index in [0.717, 1.165) is 4.90 Å². The number of carboxylic acids is 1. The quantitative estimate of drug-likeness (QED) is 0.907. The van der Waals surface area contributed by atoms with E-state index in [9.17, 15) is 14.0 Å². The summed E-state index contributed by atoms with van der Waals surface area (Å²) in [6, 6.07) is 4.84. The van der Waals surface area contributed by atoms with Crippen LogP contribution in [0.4, 0.5) is 4.39 Å². The number of amides is 1. The molecule has 0 spiro atoms. The maximum atomic E-state index is 14.1. The van der Waals surface area contributed by atoms with E-state index in [1.165, 1.54) is 14.2 Å². The standard InChI is InChI=1S/C14H16FNO5/c1-20-9-4-3-5-10(21-2)11(9)12(17)16-7-6-14(15,8-16)13(18)19/h3-5H,6-8H2,1-2H3,(H,18,19). The van der Waals surface area contributed by atoms with E-state index in [-0.39, 0.29) is 18.5 Å². The Morgan fingerprint density at radius 2 is 1.86 bits per heavy atom. The largest absolute Gasteiger partial charge is 0.496 e. The zero-order valence-corrected chi connectivity index (χ0v) is 11.8. The Bertz CT molecular complexity index is 554. The lowest BCUT2D eigenvalue weighted by atomic mass is 10.1. The third kappa shape index (κ3) is 2.63. The highest BCUT2D eigenvalue weighted by atomic mass is 19.1. The van der Waals surface area contributed by atoms with E-state index in [1.54, 1.807) is 18.2 Å². The molecule has 1 aliphatic rings. The predicted octanol–water partition coefficient (Wildman–Crippen LogP) is 1.34. The van der Waals surface area contributed by atoms with Crippen LogP contribution < -0.4 is 9.47 Å². The Kier molecular flexibility index (Phi) is 4.02. The van der Waals surface area contributed by atoms with Crippen LogP contribution >= 0.6 is 0 Å². The minimum Gasteiger partial charge on any atom is -0.496 e. The summed E-state index contributed by atoms with van der Waals surface area (Å²) in [4.78, 5) is 24.6. The zero-order valence-electron chi connectivity index (χ0n) is 11.8. The molecule has 1 atom stereocenters. The highest BCUT2D eigenvalue weighted by Crippen LogP contribution is 2.33. The minimum absolute atomic E-state index is 0.0306. The fraction of sp³-hybridized carbons (Fsp3) is 0.429. The van der Waals surface area contributed by atoms with Crippen molar-refractivity contribution < 1.29 is 28.6 Å². The van der Waals surface area contributed by atoms with Crippen molar-refractivity contribution in [2.24, 2.45) is 0 Å². The number of carbonyl (C=O) groups is 2. The molecule has 1 saturated heterocycles. The number of nitrogens with zero attached hydrogens (tertiary/aromatic N) is 1. The zero-order chi connectivity index (χ0) is 15.6. The summed E-state index contributed by atoms with van der Waals surface area (Å²) < 4.78 is 24.3. The van der Waals surface area contributed by atoms with Gasteiger partial charge in [0.05, 0.1) is 20.8 Å². The molecule has 0 saturated carbocycles. The van der Waals surface area contributed by atoms with Crippen LogP contribution in [0.3, 0.4) is 0 Å². The molecule has 1 N–H and O–H groups in total. The highest BCUT2D eigenvalue weighted by Gasteiger charge is 2.47. The van der Waals surface area contributed by atoms with Crippen molar-refractivity contribution in [2.45, 2.75) is 12.1 Å². The monoisotopic (exact) mass is 297 g/mol. The Labute approximate surface area is 121 Å². The SMILES string of the molecule is COc1cccc(OC)c1C(=O)N1CCC(F)(C(=O)O)C1. The van der Waals surface area contributed by atoms with Crippen molar-refractivity contribution in [3.05, 3.63) is 23.8 Å². The third-order valence-corrected chi connectivity index (χ3v) is 3.53. The van der Waals surface area contributed by atoms with Gasteiger partial charge in [-0.2, -0.15) is 0 Å². The van der Waals surface area contributed by atoms with Crippen molar-refractivity contribution in [2.75, 3.05) is 27.3 Å². The molecule has 114 valence electrons. The topological polar surface area (TPSA) is 76.1 Å². The van der Waals surface area contributed by atoms with Gasteiger partial charge in [-0.25, -0.2) is 9.18 Å². The number of likely N-dealkylation sites (tertiary alicyclic amines) is 1. The molecule has 0 aromatic heterocycles. The molecule has 1 fully saturated rings. The lowest BCUT2D eigenvalue weighted by Gasteiger charge is -2.20. The van der Waals surface area contributed by atoms with E-state index in [4.69, 9.17) is 14.6 Å². The second-order valence-corrected chi connectivity index (χ2v) is 4.78. The summed E-state index contributed by atoms with van der Waals surface area (Å²) in [6.07, 6.45) is -0.231. The fourth-order valence-corrected chi connectivity index (χ4v) is 2.34. The van der Waals surface area contributed by atoms with E-state index in [1.807, 2.05) is 0 Å². The molecule has 0 radical (unpaired) electrons. The molecule has 1 heterocycles. The van der Waals surface area contributed by atoms with Gasteiger partial charge in [0.25, 0.3) is 5.91 Å². The second-order valence-electron chi connectivity index (χ2n) is 4.78. The molecule has 7 heteroatoms. The van der Waals surface area contributed by atoms with Crippen LogP contribution in [0.2, 0.25) is 0 Å². The minimum atomic E-state index is -2.40. The summed E-state index contributed by atoms with van der Waals surface area (Å²) >= 11 is 0. The summed E-state index contributed by atoms with van der Waals surface area (Å²) in [5, 5.41) is 8.88. The number of benzene rings is 1. The van der Waals surface area contributed by atoms with E-state index in [0.29, 0.717) is 11.5 Å². The second kappa shape index (κ2) is 5.59. The molecule has 6 nitrogen and oxygen atoms in total. The number of methoxy groups -OCH3 is 2. The first-order chi connectivity index (χ1) is 9.92.